The van der Waals surface area contributed by atoms with Crippen LogP contribution in [0.1, 0.15) is 15.2 Å². The number of benzene rings is 1. The van der Waals surface area contributed by atoms with Crippen LogP contribution < -0.4 is 4.74 Å². The minimum absolute atomic E-state index is 0.199. The van der Waals surface area contributed by atoms with Crippen molar-refractivity contribution in [3.8, 4) is 17.6 Å². The molecule has 0 aliphatic heterocycles. The minimum atomic E-state index is -0.993. The minimum Gasteiger partial charge on any atom is -0.477 e. The Morgan fingerprint density at radius 1 is 1.39 bits per heavy atom. The molecule has 1 N–H and O–H groups in total. The standard InChI is InChI=1S/C12H6ClNO3S/c13-10-3-8(2-1-7(10)5-14)17-9-4-11(12(15)16)18-6-9/h1-4,6H,(H,15,16). The summed E-state index contributed by atoms with van der Waals surface area (Å²) in [5.74, 6) is -0.111. The second kappa shape index (κ2) is 5.08. The average molecular weight is 280 g/mol. The zero-order valence-corrected chi connectivity index (χ0v) is 10.5. The Bertz CT molecular complexity index is 645. The molecule has 1 aromatic heterocycles. The number of nitriles is 1. The Kier molecular flexibility index (Phi) is 3.51. The third-order valence-corrected chi connectivity index (χ3v) is 3.29. The van der Waals surface area contributed by atoms with Crippen molar-refractivity contribution in [3.05, 3.63) is 45.1 Å². The summed E-state index contributed by atoms with van der Waals surface area (Å²) >= 11 is 6.94. The fraction of sp³-hybridized carbons (Fsp3) is 0. The smallest absolute Gasteiger partial charge is 0.346 e. The van der Waals surface area contributed by atoms with Gasteiger partial charge in [0, 0.05) is 17.5 Å². The molecule has 0 amide bonds. The van der Waals surface area contributed by atoms with E-state index in [-0.39, 0.29) is 4.88 Å². The zero-order chi connectivity index (χ0) is 13.1. The van der Waals surface area contributed by atoms with Crippen molar-refractivity contribution in [2.24, 2.45) is 0 Å². The highest BCUT2D eigenvalue weighted by Gasteiger charge is 2.09. The van der Waals surface area contributed by atoms with Crippen molar-refractivity contribution in [2.45, 2.75) is 0 Å². The lowest BCUT2D eigenvalue weighted by molar-refractivity contribution is 0.0702. The monoisotopic (exact) mass is 279 g/mol. The summed E-state index contributed by atoms with van der Waals surface area (Å²) in [6.45, 7) is 0. The predicted molar refractivity (Wildman–Crippen MR) is 67.5 cm³/mol. The number of ether oxygens (including phenoxy) is 1. The average Bonchev–Trinajstić information content (AvgIpc) is 2.78. The number of carboxylic acids is 1. The van der Waals surface area contributed by atoms with Gasteiger partial charge in [0.2, 0.25) is 0 Å². The largest absolute Gasteiger partial charge is 0.477 e. The molecule has 0 bridgehead atoms. The number of carbonyl (C=O) groups is 1. The van der Waals surface area contributed by atoms with Gasteiger partial charge in [0.05, 0.1) is 10.6 Å². The molecular weight excluding hydrogens is 274 g/mol. The van der Waals surface area contributed by atoms with Crippen LogP contribution >= 0.6 is 22.9 Å². The molecule has 4 nitrogen and oxygen atoms in total. The summed E-state index contributed by atoms with van der Waals surface area (Å²) in [5, 5.41) is 19.4. The van der Waals surface area contributed by atoms with E-state index >= 15 is 0 Å². The molecule has 0 unspecified atom stereocenters. The van der Waals surface area contributed by atoms with E-state index in [9.17, 15) is 4.79 Å². The third kappa shape index (κ3) is 2.62. The lowest BCUT2D eigenvalue weighted by Gasteiger charge is -2.03. The maximum absolute atomic E-state index is 10.7. The number of aromatic carboxylic acids is 1. The number of hydrogen-bond acceptors (Lipinski definition) is 4. The van der Waals surface area contributed by atoms with E-state index in [1.54, 1.807) is 17.5 Å². The van der Waals surface area contributed by atoms with Gasteiger partial charge in [-0.25, -0.2) is 4.79 Å². The first-order valence-electron chi connectivity index (χ1n) is 4.79. The van der Waals surface area contributed by atoms with Gasteiger partial charge in [-0.2, -0.15) is 5.26 Å². The van der Waals surface area contributed by atoms with Crippen molar-refractivity contribution in [1.82, 2.24) is 0 Å². The van der Waals surface area contributed by atoms with Gasteiger partial charge < -0.3 is 9.84 Å². The first-order valence-corrected chi connectivity index (χ1v) is 6.05. The van der Waals surface area contributed by atoms with Crippen LogP contribution in [0.3, 0.4) is 0 Å². The van der Waals surface area contributed by atoms with E-state index in [2.05, 4.69) is 0 Å². The van der Waals surface area contributed by atoms with Gasteiger partial charge in [0.15, 0.2) is 0 Å². The van der Waals surface area contributed by atoms with Crippen molar-refractivity contribution < 1.29 is 14.6 Å². The highest BCUT2D eigenvalue weighted by Crippen LogP contribution is 2.29. The molecule has 0 saturated carbocycles. The summed E-state index contributed by atoms with van der Waals surface area (Å²) in [6, 6.07) is 8.03. The summed E-state index contributed by atoms with van der Waals surface area (Å²) in [5.41, 5.74) is 0.362. The molecule has 0 aliphatic carbocycles. The normalized spacial score (nSPS) is 9.78. The Hall–Kier alpha value is -2.03. The molecule has 1 aromatic carbocycles. The van der Waals surface area contributed by atoms with Gasteiger partial charge in [-0.1, -0.05) is 11.6 Å². The molecule has 0 radical (unpaired) electrons. The maximum atomic E-state index is 10.7. The highest BCUT2D eigenvalue weighted by molar-refractivity contribution is 7.12. The molecule has 2 rings (SSSR count). The van der Waals surface area contributed by atoms with Gasteiger partial charge in [0.25, 0.3) is 0 Å². The van der Waals surface area contributed by atoms with Crippen LogP contribution in [0, 0.1) is 11.3 Å². The van der Waals surface area contributed by atoms with E-state index in [4.69, 9.17) is 26.7 Å². The Balaban J connectivity index is 2.21. The Labute approximate surface area is 112 Å². The van der Waals surface area contributed by atoms with Gasteiger partial charge >= 0.3 is 5.97 Å². The topological polar surface area (TPSA) is 70.3 Å². The van der Waals surface area contributed by atoms with Crippen LogP contribution in [-0.2, 0) is 0 Å². The summed E-state index contributed by atoms with van der Waals surface area (Å²) in [6.07, 6.45) is 0. The van der Waals surface area contributed by atoms with Crippen LogP contribution in [0.25, 0.3) is 0 Å². The van der Waals surface area contributed by atoms with Crippen LogP contribution in [0.4, 0.5) is 0 Å². The van der Waals surface area contributed by atoms with E-state index in [1.807, 2.05) is 6.07 Å². The molecule has 2 aromatic rings. The lowest BCUT2D eigenvalue weighted by Crippen LogP contribution is -1.90. The SMILES string of the molecule is N#Cc1ccc(Oc2csc(C(=O)O)c2)cc1Cl. The predicted octanol–water partition coefficient (Wildman–Crippen LogP) is 3.76. The second-order valence-electron chi connectivity index (χ2n) is 3.31. The van der Waals surface area contributed by atoms with E-state index in [0.29, 0.717) is 22.1 Å². The first kappa shape index (κ1) is 12.4. The first-order chi connectivity index (χ1) is 8.60. The number of halogens is 1. The summed E-state index contributed by atoms with van der Waals surface area (Å²) < 4.78 is 5.44. The molecule has 90 valence electrons. The number of nitrogens with zero attached hydrogens (tertiary/aromatic N) is 1. The van der Waals surface area contributed by atoms with Crippen molar-refractivity contribution in [2.75, 3.05) is 0 Å². The quantitative estimate of drug-likeness (QED) is 0.928. The molecule has 6 heteroatoms. The molecule has 0 fully saturated rings. The van der Waals surface area contributed by atoms with Crippen molar-refractivity contribution >= 4 is 28.9 Å². The third-order valence-electron chi connectivity index (χ3n) is 2.08. The number of carboxylic acid groups (broad SMARTS) is 1. The van der Waals surface area contributed by atoms with Gasteiger partial charge in [-0.3, -0.25) is 0 Å². The van der Waals surface area contributed by atoms with Crippen molar-refractivity contribution in [1.29, 1.82) is 5.26 Å². The lowest BCUT2D eigenvalue weighted by atomic mass is 10.2. The van der Waals surface area contributed by atoms with Gasteiger partial charge in [0.1, 0.15) is 22.4 Å². The van der Waals surface area contributed by atoms with Crippen LogP contribution in [0.5, 0.6) is 11.5 Å². The number of rotatable bonds is 3. The van der Waals surface area contributed by atoms with E-state index in [1.165, 1.54) is 12.1 Å². The molecule has 0 aliphatic rings. The molecule has 18 heavy (non-hydrogen) atoms. The van der Waals surface area contributed by atoms with Crippen molar-refractivity contribution in [3.63, 3.8) is 0 Å². The Morgan fingerprint density at radius 2 is 2.17 bits per heavy atom. The molecular formula is C12H6ClNO3S. The van der Waals surface area contributed by atoms with E-state index in [0.717, 1.165) is 11.3 Å². The molecule has 0 atom stereocenters. The fourth-order valence-electron chi connectivity index (χ4n) is 1.27. The van der Waals surface area contributed by atoms with E-state index < -0.39 is 5.97 Å². The van der Waals surface area contributed by atoms with Crippen LogP contribution in [-0.4, -0.2) is 11.1 Å². The molecule has 1 heterocycles. The second-order valence-corrected chi connectivity index (χ2v) is 4.63. The molecule has 0 spiro atoms. The molecule has 0 saturated heterocycles. The summed E-state index contributed by atoms with van der Waals surface area (Å²) in [4.78, 5) is 10.9. The van der Waals surface area contributed by atoms with Crippen LogP contribution in [0.15, 0.2) is 29.6 Å². The van der Waals surface area contributed by atoms with Gasteiger partial charge in [-0.05, 0) is 12.1 Å². The Morgan fingerprint density at radius 3 is 2.72 bits per heavy atom. The number of hydrogen-bond donors (Lipinski definition) is 1. The maximum Gasteiger partial charge on any atom is 0.346 e. The zero-order valence-electron chi connectivity index (χ0n) is 8.88. The fourth-order valence-corrected chi connectivity index (χ4v) is 2.13. The van der Waals surface area contributed by atoms with Gasteiger partial charge in [-0.15, -0.1) is 11.3 Å². The highest BCUT2D eigenvalue weighted by atomic mass is 35.5. The number of thiophene rings is 1. The van der Waals surface area contributed by atoms with Crippen LogP contribution in [0.2, 0.25) is 5.02 Å². The summed E-state index contributed by atoms with van der Waals surface area (Å²) in [7, 11) is 0.